The van der Waals surface area contributed by atoms with Crippen molar-refractivity contribution >= 4 is 34.0 Å². The molecule has 1 aromatic carbocycles. The maximum Gasteiger partial charge on any atom is 0.307 e. The highest BCUT2D eigenvalue weighted by Gasteiger charge is 2.21. The molecule has 13 heteroatoms. The minimum atomic E-state index is -0.533. The Labute approximate surface area is 179 Å². The molecule has 1 saturated heterocycles. The second-order valence-corrected chi connectivity index (χ2v) is 7.07. The Morgan fingerprint density at radius 2 is 1.97 bits per heavy atom. The largest absolute Gasteiger partial charge is 0.454 e. The molecule has 1 aliphatic heterocycles. The maximum absolute atomic E-state index is 12.7. The van der Waals surface area contributed by atoms with Crippen LogP contribution in [0.2, 0.25) is 0 Å². The van der Waals surface area contributed by atoms with Crippen LogP contribution in [-0.2, 0) is 11.3 Å². The number of carbonyl (C=O) groups is 1. The number of hydrogen-bond donors (Lipinski definition) is 1. The summed E-state index contributed by atoms with van der Waals surface area (Å²) in [5.41, 5.74) is 2.14. The molecule has 0 saturated carbocycles. The molecule has 1 aliphatic rings. The van der Waals surface area contributed by atoms with Crippen molar-refractivity contribution in [1.82, 2.24) is 20.1 Å². The molecule has 0 bridgehead atoms. The van der Waals surface area contributed by atoms with E-state index in [9.17, 15) is 14.9 Å². The lowest BCUT2D eigenvalue weighted by molar-refractivity contribution is -0.385. The van der Waals surface area contributed by atoms with Crippen molar-refractivity contribution in [1.29, 1.82) is 0 Å². The number of aromatic nitrogens is 4. The Balaban J connectivity index is 1.32. The van der Waals surface area contributed by atoms with Crippen LogP contribution in [0, 0.1) is 10.1 Å². The van der Waals surface area contributed by atoms with E-state index < -0.39 is 10.8 Å². The number of ether oxygens (including phenoxy) is 1. The number of nitrogens with zero attached hydrogens (tertiary/aromatic N) is 6. The van der Waals surface area contributed by atoms with Gasteiger partial charge in [0.1, 0.15) is 18.2 Å². The third-order valence-electron chi connectivity index (χ3n) is 5.03. The molecule has 32 heavy (non-hydrogen) atoms. The summed E-state index contributed by atoms with van der Waals surface area (Å²) in [4.78, 5) is 25.1. The number of hydrogen-bond acceptors (Lipinski definition) is 10. The topological polar surface area (TPSA) is 155 Å². The van der Waals surface area contributed by atoms with Gasteiger partial charge < -0.3 is 19.4 Å². The van der Waals surface area contributed by atoms with E-state index in [4.69, 9.17) is 13.8 Å². The zero-order chi connectivity index (χ0) is 22.1. The van der Waals surface area contributed by atoms with Gasteiger partial charge in [-0.2, -0.15) is 5.10 Å². The highest BCUT2D eigenvalue weighted by molar-refractivity contribution is 6.08. The number of rotatable bonds is 6. The molecule has 1 fully saturated rings. The van der Waals surface area contributed by atoms with Crippen LogP contribution in [-0.4, -0.2) is 57.2 Å². The second kappa shape index (κ2) is 8.11. The van der Waals surface area contributed by atoms with Gasteiger partial charge in [-0.25, -0.2) is 4.63 Å². The van der Waals surface area contributed by atoms with Crippen molar-refractivity contribution in [3.63, 3.8) is 0 Å². The molecule has 4 heterocycles. The Morgan fingerprint density at radius 3 is 2.75 bits per heavy atom. The molecule has 0 unspecified atom stereocenters. The lowest BCUT2D eigenvalue weighted by atomic mass is 10.2. The quantitative estimate of drug-likeness (QED) is 0.348. The average Bonchev–Trinajstić information content (AvgIpc) is 3.56. The summed E-state index contributed by atoms with van der Waals surface area (Å²) in [7, 11) is 0. The lowest BCUT2D eigenvalue weighted by Crippen LogP contribution is -2.36. The standard InChI is InChI=1S/C19H17N7O6/c27-19(16-4-1-13(31-16)11-25-10-12(9-20-25)26(28)29)21-14-2-3-15(18-17(14)22-32-23-18)24-5-7-30-8-6-24/h1-4,9-10H,5-8,11H2,(H,21,27). The summed E-state index contributed by atoms with van der Waals surface area (Å²) in [5, 5.41) is 25.4. The summed E-state index contributed by atoms with van der Waals surface area (Å²) in [6, 6.07) is 6.72. The number of carbonyl (C=O) groups excluding carboxylic acids is 1. The molecular formula is C19H17N7O6. The molecule has 4 aromatic rings. The molecule has 0 atom stereocenters. The van der Waals surface area contributed by atoms with E-state index in [1.54, 1.807) is 12.1 Å². The number of nitro groups is 1. The number of fused-ring (bicyclic) bond motifs is 1. The Hall–Kier alpha value is -4.26. The number of furan rings is 1. The van der Waals surface area contributed by atoms with Crippen LogP contribution < -0.4 is 10.2 Å². The summed E-state index contributed by atoms with van der Waals surface area (Å²) in [5.74, 6) is 0.0127. The van der Waals surface area contributed by atoms with E-state index in [-0.39, 0.29) is 18.0 Å². The van der Waals surface area contributed by atoms with E-state index in [2.05, 4.69) is 25.6 Å². The fourth-order valence-corrected chi connectivity index (χ4v) is 3.48. The maximum atomic E-state index is 12.7. The van der Waals surface area contributed by atoms with Crippen LogP contribution in [0.4, 0.5) is 17.1 Å². The van der Waals surface area contributed by atoms with Gasteiger partial charge in [0.25, 0.3) is 5.91 Å². The van der Waals surface area contributed by atoms with E-state index in [1.807, 2.05) is 6.07 Å². The molecule has 0 radical (unpaired) electrons. The normalized spacial score (nSPS) is 14.1. The molecule has 164 valence electrons. The van der Waals surface area contributed by atoms with Crippen LogP contribution in [0.5, 0.6) is 0 Å². The van der Waals surface area contributed by atoms with Gasteiger partial charge in [-0.1, -0.05) is 0 Å². The lowest BCUT2D eigenvalue weighted by Gasteiger charge is -2.28. The minimum absolute atomic E-state index is 0.0727. The van der Waals surface area contributed by atoms with E-state index >= 15 is 0 Å². The number of amides is 1. The molecule has 1 N–H and O–H groups in total. The summed E-state index contributed by atoms with van der Waals surface area (Å²) in [6.07, 6.45) is 2.43. The summed E-state index contributed by atoms with van der Waals surface area (Å²) in [6.45, 7) is 2.84. The number of nitrogens with one attached hydrogen (secondary N) is 1. The highest BCUT2D eigenvalue weighted by Crippen LogP contribution is 2.30. The van der Waals surface area contributed by atoms with Crippen molar-refractivity contribution in [2.45, 2.75) is 6.54 Å². The first-order chi connectivity index (χ1) is 15.6. The zero-order valence-corrected chi connectivity index (χ0v) is 16.6. The predicted molar refractivity (Wildman–Crippen MR) is 109 cm³/mol. The van der Waals surface area contributed by atoms with Gasteiger partial charge in [0.05, 0.1) is 36.1 Å². The monoisotopic (exact) mass is 439 g/mol. The van der Waals surface area contributed by atoms with Crippen molar-refractivity contribution in [2.24, 2.45) is 0 Å². The van der Waals surface area contributed by atoms with Gasteiger partial charge in [-0.15, -0.1) is 0 Å². The van der Waals surface area contributed by atoms with Crippen molar-refractivity contribution in [3.8, 4) is 0 Å². The molecule has 3 aromatic heterocycles. The molecule has 0 spiro atoms. The van der Waals surface area contributed by atoms with Gasteiger partial charge in [-0.3, -0.25) is 19.6 Å². The van der Waals surface area contributed by atoms with E-state index in [1.165, 1.54) is 16.9 Å². The minimum Gasteiger partial charge on any atom is -0.454 e. The molecule has 13 nitrogen and oxygen atoms in total. The number of benzene rings is 1. The van der Waals surface area contributed by atoms with Gasteiger partial charge >= 0.3 is 5.69 Å². The second-order valence-electron chi connectivity index (χ2n) is 7.07. The number of morpholine rings is 1. The van der Waals surface area contributed by atoms with Crippen LogP contribution in [0.1, 0.15) is 16.3 Å². The Bertz CT molecular complexity index is 1290. The number of anilines is 2. The predicted octanol–water partition coefficient (Wildman–Crippen LogP) is 2.06. The first-order valence-electron chi connectivity index (χ1n) is 9.73. The molecule has 0 aliphatic carbocycles. The zero-order valence-electron chi connectivity index (χ0n) is 16.6. The summed E-state index contributed by atoms with van der Waals surface area (Å²) < 4.78 is 17.2. The van der Waals surface area contributed by atoms with Crippen LogP contribution >= 0.6 is 0 Å². The van der Waals surface area contributed by atoms with Gasteiger partial charge in [-0.05, 0) is 34.6 Å². The van der Waals surface area contributed by atoms with Crippen LogP contribution in [0.25, 0.3) is 11.0 Å². The highest BCUT2D eigenvalue weighted by atomic mass is 16.6. The van der Waals surface area contributed by atoms with Crippen LogP contribution in [0.3, 0.4) is 0 Å². The SMILES string of the molecule is O=C(Nc1ccc(N2CCOCC2)c2nonc12)c1ccc(Cn2cc([N+](=O)[O-])cn2)o1. The third-order valence-corrected chi connectivity index (χ3v) is 5.03. The fourth-order valence-electron chi connectivity index (χ4n) is 3.48. The van der Waals surface area contributed by atoms with Gasteiger partial charge in [0.15, 0.2) is 16.8 Å². The third kappa shape index (κ3) is 3.76. The smallest absolute Gasteiger partial charge is 0.307 e. The Morgan fingerprint density at radius 1 is 1.16 bits per heavy atom. The first kappa shape index (κ1) is 19.7. The first-order valence-corrected chi connectivity index (χ1v) is 9.73. The van der Waals surface area contributed by atoms with E-state index in [0.29, 0.717) is 35.7 Å². The van der Waals surface area contributed by atoms with E-state index in [0.717, 1.165) is 25.0 Å². The average molecular weight is 439 g/mol. The van der Waals surface area contributed by atoms with Crippen molar-refractivity contribution < 1.29 is 23.5 Å². The van der Waals surface area contributed by atoms with Crippen LogP contribution in [0.15, 0.2) is 45.7 Å². The van der Waals surface area contributed by atoms with Gasteiger partial charge in [0, 0.05) is 13.1 Å². The van der Waals surface area contributed by atoms with Gasteiger partial charge in [0.2, 0.25) is 0 Å². The van der Waals surface area contributed by atoms with Crippen molar-refractivity contribution in [3.05, 3.63) is 58.3 Å². The molecule has 1 amide bonds. The fraction of sp³-hybridized carbons (Fsp3) is 0.263. The Kier molecular flexibility index (Phi) is 4.99. The van der Waals surface area contributed by atoms with Crippen molar-refractivity contribution in [2.75, 3.05) is 36.5 Å². The summed E-state index contributed by atoms with van der Waals surface area (Å²) >= 11 is 0. The molecule has 5 rings (SSSR count). The molecular weight excluding hydrogens is 422 g/mol.